The highest BCUT2D eigenvalue weighted by Gasteiger charge is 2.29. The predicted octanol–water partition coefficient (Wildman–Crippen LogP) is 1.82. The number of nitrogens with zero attached hydrogens (tertiary/aromatic N) is 1. The quantitative estimate of drug-likeness (QED) is 0.842. The highest BCUT2D eigenvalue weighted by molar-refractivity contribution is 7.17. The largest absolute Gasteiger partial charge is 0.477 e. The molecule has 0 aliphatic carbocycles. The van der Waals surface area contributed by atoms with Gasteiger partial charge in [0.2, 0.25) is 0 Å². The summed E-state index contributed by atoms with van der Waals surface area (Å²) < 4.78 is 5.61. The second kappa shape index (κ2) is 4.39. The summed E-state index contributed by atoms with van der Waals surface area (Å²) in [7, 11) is 0. The number of anilines is 1. The Morgan fingerprint density at radius 1 is 1.81 bits per heavy atom. The first kappa shape index (κ1) is 11.3. The fraction of sp³-hybridized carbons (Fsp3) is 0.600. The summed E-state index contributed by atoms with van der Waals surface area (Å²) in [5, 5.41) is 12.5. The van der Waals surface area contributed by atoms with Crippen LogP contribution in [0.2, 0.25) is 0 Å². The van der Waals surface area contributed by atoms with Gasteiger partial charge < -0.3 is 15.2 Å². The van der Waals surface area contributed by atoms with Crippen molar-refractivity contribution in [3.05, 3.63) is 11.1 Å². The summed E-state index contributed by atoms with van der Waals surface area (Å²) in [5.74, 6) is -0.936. The Bertz CT molecular complexity index is 385. The van der Waals surface area contributed by atoms with Crippen LogP contribution in [0.3, 0.4) is 0 Å². The zero-order valence-electron chi connectivity index (χ0n) is 9.02. The molecule has 88 valence electrons. The van der Waals surface area contributed by atoms with Gasteiger partial charge in [0.25, 0.3) is 0 Å². The summed E-state index contributed by atoms with van der Waals surface area (Å²) in [6.07, 6.45) is 3.47. The van der Waals surface area contributed by atoms with Gasteiger partial charge in [-0.2, -0.15) is 0 Å². The molecule has 0 bridgehead atoms. The number of rotatable bonds is 4. The number of hydrogen-bond donors (Lipinski definition) is 2. The SMILES string of the molecule is CC1(CNc2ncc(C(=O)O)s2)CCCO1. The van der Waals surface area contributed by atoms with Gasteiger partial charge in [0.1, 0.15) is 4.88 Å². The molecule has 1 unspecified atom stereocenters. The van der Waals surface area contributed by atoms with Crippen LogP contribution in [-0.2, 0) is 4.74 Å². The minimum atomic E-state index is -0.936. The number of carboxylic acid groups (broad SMARTS) is 1. The molecule has 1 aromatic heterocycles. The first-order valence-electron chi connectivity index (χ1n) is 5.16. The lowest BCUT2D eigenvalue weighted by Gasteiger charge is -2.22. The van der Waals surface area contributed by atoms with Gasteiger partial charge in [-0.1, -0.05) is 11.3 Å². The van der Waals surface area contributed by atoms with Gasteiger partial charge in [0.05, 0.1) is 11.8 Å². The Morgan fingerprint density at radius 2 is 2.62 bits per heavy atom. The Labute approximate surface area is 97.5 Å². The Morgan fingerprint density at radius 3 is 3.19 bits per heavy atom. The van der Waals surface area contributed by atoms with Crippen LogP contribution in [0.5, 0.6) is 0 Å². The van der Waals surface area contributed by atoms with Crippen molar-refractivity contribution in [3.8, 4) is 0 Å². The summed E-state index contributed by atoms with van der Waals surface area (Å²) in [6.45, 7) is 3.52. The van der Waals surface area contributed by atoms with Gasteiger partial charge in [-0.15, -0.1) is 0 Å². The minimum Gasteiger partial charge on any atom is -0.477 e. The summed E-state index contributed by atoms with van der Waals surface area (Å²) in [4.78, 5) is 14.9. The van der Waals surface area contributed by atoms with Crippen LogP contribution in [0.1, 0.15) is 29.4 Å². The van der Waals surface area contributed by atoms with Crippen LogP contribution in [0.15, 0.2) is 6.20 Å². The molecule has 0 aromatic carbocycles. The molecule has 0 radical (unpaired) electrons. The van der Waals surface area contributed by atoms with Crippen LogP contribution in [0.4, 0.5) is 5.13 Å². The third-order valence-electron chi connectivity index (χ3n) is 2.63. The topological polar surface area (TPSA) is 71.5 Å². The lowest BCUT2D eigenvalue weighted by molar-refractivity contribution is 0.0315. The van der Waals surface area contributed by atoms with Crippen LogP contribution in [0, 0.1) is 0 Å². The maximum absolute atomic E-state index is 10.7. The van der Waals surface area contributed by atoms with E-state index in [0.717, 1.165) is 30.8 Å². The third kappa shape index (κ3) is 2.51. The number of aromatic carboxylic acids is 1. The number of carbonyl (C=O) groups is 1. The van der Waals surface area contributed by atoms with E-state index in [-0.39, 0.29) is 10.5 Å². The molecule has 1 aromatic rings. The fourth-order valence-corrected chi connectivity index (χ4v) is 2.34. The molecule has 1 aliphatic heterocycles. The van der Waals surface area contributed by atoms with E-state index in [2.05, 4.69) is 17.2 Å². The molecule has 6 heteroatoms. The second-order valence-corrected chi connectivity index (χ2v) is 5.12. The molecule has 2 heterocycles. The van der Waals surface area contributed by atoms with Crippen LogP contribution < -0.4 is 5.32 Å². The number of nitrogens with one attached hydrogen (secondary N) is 1. The molecule has 0 saturated carbocycles. The molecule has 1 aliphatic rings. The maximum atomic E-state index is 10.7. The van der Waals surface area contributed by atoms with E-state index in [1.165, 1.54) is 6.20 Å². The first-order chi connectivity index (χ1) is 7.59. The average molecular weight is 242 g/mol. The van der Waals surface area contributed by atoms with Crippen LogP contribution in [0.25, 0.3) is 0 Å². The third-order valence-corrected chi connectivity index (χ3v) is 3.57. The van der Waals surface area contributed by atoms with E-state index in [0.29, 0.717) is 11.7 Å². The predicted molar refractivity (Wildman–Crippen MR) is 61.2 cm³/mol. The molecule has 16 heavy (non-hydrogen) atoms. The maximum Gasteiger partial charge on any atom is 0.347 e. The Hall–Kier alpha value is -1.14. The number of ether oxygens (including phenoxy) is 1. The van der Waals surface area contributed by atoms with Gasteiger partial charge in [-0.05, 0) is 19.8 Å². The molecule has 0 amide bonds. The van der Waals surface area contributed by atoms with Crippen LogP contribution >= 0.6 is 11.3 Å². The number of carboxylic acids is 1. The standard InChI is InChI=1S/C10H14N2O3S/c1-10(3-2-4-15-10)6-12-9-11-5-7(16-9)8(13)14/h5H,2-4,6H2,1H3,(H,11,12)(H,13,14). The molecule has 0 spiro atoms. The molecule has 2 N–H and O–H groups in total. The fourth-order valence-electron chi connectivity index (χ4n) is 1.69. The second-order valence-electron chi connectivity index (χ2n) is 4.09. The van der Waals surface area contributed by atoms with Crippen molar-refractivity contribution in [3.63, 3.8) is 0 Å². The van der Waals surface area contributed by atoms with E-state index < -0.39 is 5.97 Å². The van der Waals surface area contributed by atoms with Gasteiger partial charge in [-0.3, -0.25) is 0 Å². The van der Waals surface area contributed by atoms with Gasteiger partial charge >= 0.3 is 5.97 Å². The highest BCUT2D eigenvalue weighted by atomic mass is 32.1. The summed E-state index contributed by atoms with van der Waals surface area (Å²) >= 11 is 1.15. The molecule has 5 nitrogen and oxygen atoms in total. The van der Waals surface area contributed by atoms with E-state index in [9.17, 15) is 4.79 Å². The normalized spacial score (nSPS) is 24.6. The van der Waals surface area contributed by atoms with Gasteiger partial charge in [0, 0.05) is 13.2 Å². The number of hydrogen-bond acceptors (Lipinski definition) is 5. The first-order valence-corrected chi connectivity index (χ1v) is 5.98. The van der Waals surface area contributed by atoms with E-state index >= 15 is 0 Å². The van der Waals surface area contributed by atoms with Crippen molar-refractivity contribution in [2.75, 3.05) is 18.5 Å². The van der Waals surface area contributed by atoms with Crippen molar-refractivity contribution in [2.24, 2.45) is 0 Å². The van der Waals surface area contributed by atoms with E-state index in [4.69, 9.17) is 9.84 Å². The van der Waals surface area contributed by atoms with Crippen molar-refractivity contribution < 1.29 is 14.6 Å². The molecular weight excluding hydrogens is 228 g/mol. The number of aromatic nitrogens is 1. The molecular formula is C10H14N2O3S. The monoisotopic (exact) mass is 242 g/mol. The van der Waals surface area contributed by atoms with Gasteiger partial charge in [-0.25, -0.2) is 9.78 Å². The average Bonchev–Trinajstić information content (AvgIpc) is 2.84. The van der Waals surface area contributed by atoms with Crippen LogP contribution in [-0.4, -0.2) is 34.8 Å². The van der Waals surface area contributed by atoms with E-state index in [1.807, 2.05) is 0 Å². The van der Waals surface area contributed by atoms with Crippen molar-refractivity contribution in [1.29, 1.82) is 0 Å². The van der Waals surface area contributed by atoms with Crippen molar-refractivity contribution in [1.82, 2.24) is 4.98 Å². The Kier molecular flexibility index (Phi) is 3.11. The lowest BCUT2D eigenvalue weighted by Crippen LogP contribution is -2.32. The van der Waals surface area contributed by atoms with Crippen molar-refractivity contribution in [2.45, 2.75) is 25.4 Å². The highest BCUT2D eigenvalue weighted by Crippen LogP contribution is 2.26. The molecule has 1 fully saturated rings. The zero-order chi connectivity index (χ0) is 11.6. The lowest BCUT2D eigenvalue weighted by atomic mass is 10.0. The van der Waals surface area contributed by atoms with Gasteiger partial charge in [0.15, 0.2) is 5.13 Å². The molecule has 2 rings (SSSR count). The smallest absolute Gasteiger partial charge is 0.347 e. The van der Waals surface area contributed by atoms with E-state index in [1.54, 1.807) is 0 Å². The zero-order valence-corrected chi connectivity index (χ0v) is 9.84. The number of thiazole rings is 1. The minimum absolute atomic E-state index is 0.144. The Balaban J connectivity index is 1.91. The summed E-state index contributed by atoms with van der Waals surface area (Å²) in [6, 6.07) is 0. The summed E-state index contributed by atoms with van der Waals surface area (Å²) in [5.41, 5.74) is -0.144. The molecule has 1 atom stereocenters. The van der Waals surface area contributed by atoms with Crippen molar-refractivity contribution >= 4 is 22.4 Å². The molecule has 1 saturated heterocycles.